The van der Waals surface area contributed by atoms with Gasteiger partial charge in [0.25, 0.3) is 0 Å². The third-order valence-electron chi connectivity index (χ3n) is 4.00. The van der Waals surface area contributed by atoms with Gasteiger partial charge in [0.15, 0.2) is 0 Å². The lowest BCUT2D eigenvalue weighted by Gasteiger charge is -2.33. The zero-order chi connectivity index (χ0) is 15.9. The molecule has 5 nitrogen and oxygen atoms in total. The Bertz CT molecular complexity index is 502. The zero-order valence-electron chi connectivity index (χ0n) is 13.4. The number of hydrogen-bond acceptors (Lipinski definition) is 3. The van der Waals surface area contributed by atoms with Gasteiger partial charge in [-0.15, -0.1) is 0 Å². The molecule has 0 bridgehead atoms. The molecular weight excluding hydrogens is 278 g/mol. The SMILES string of the molecule is CC(C)C(=O)N1CCC[C@H](C(=O)NCCc2ccccn2)C1. The quantitative estimate of drug-likeness (QED) is 0.899. The lowest BCUT2D eigenvalue weighted by atomic mass is 9.96. The summed E-state index contributed by atoms with van der Waals surface area (Å²) in [7, 11) is 0. The minimum absolute atomic E-state index is 0.00836. The van der Waals surface area contributed by atoms with Crippen molar-refractivity contribution in [2.45, 2.75) is 33.1 Å². The summed E-state index contributed by atoms with van der Waals surface area (Å²) in [6, 6.07) is 5.78. The number of nitrogens with one attached hydrogen (secondary N) is 1. The van der Waals surface area contributed by atoms with Gasteiger partial charge in [0.1, 0.15) is 0 Å². The Balaban J connectivity index is 1.78. The van der Waals surface area contributed by atoms with Crippen molar-refractivity contribution in [1.29, 1.82) is 0 Å². The number of piperidine rings is 1. The highest BCUT2D eigenvalue weighted by Gasteiger charge is 2.28. The maximum absolute atomic E-state index is 12.3. The van der Waals surface area contributed by atoms with Crippen LogP contribution < -0.4 is 5.32 Å². The van der Waals surface area contributed by atoms with Crippen molar-refractivity contribution >= 4 is 11.8 Å². The molecule has 1 aromatic rings. The second kappa shape index (κ2) is 7.92. The Kier molecular flexibility index (Phi) is 5.92. The van der Waals surface area contributed by atoms with E-state index in [0.29, 0.717) is 13.1 Å². The van der Waals surface area contributed by atoms with E-state index >= 15 is 0 Å². The summed E-state index contributed by atoms with van der Waals surface area (Å²) in [4.78, 5) is 30.4. The Morgan fingerprint density at radius 2 is 2.23 bits per heavy atom. The van der Waals surface area contributed by atoms with Crippen LogP contribution in [0.1, 0.15) is 32.4 Å². The highest BCUT2D eigenvalue weighted by atomic mass is 16.2. The molecule has 0 aliphatic carbocycles. The van der Waals surface area contributed by atoms with E-state index in [1.807, 2.05) is 36.9 Å². The number of amides is 2. The highest BCUT2D eigenvalue weighted by Crippen LogP contribution is 2.18. The standard InChI is InChI=1S/C17H25N3O2/c1-13(2)17(22)20-11-5-6-14(12-20)16(21)19-10-8-15-7-3-4-9-18-15/h3-4,7,9,13-14H,5-6,8,10-12H2,1-2H3,(H,19,21)/t14-/m0/s1. The van der Waals surface area contributed by atoms with Crippen molar-refractivity contribution in [3.05, 3.63) is 30.1 Å². The molecule has 0 saturated carbocycles. The molecule has 1 aliphatic heterocycles. The van der Waals surface area contributed by atoms with E-state index in [1.54, 1.807) is 6.20 Å². The van der Waals surface area contributed by atoms with E-state index in [4.69, 9.17) is 0 Å². The summed E-state index contributed by atoms with van der Waals surface area (Å²) in [5.41, 5.74) is 0.975. The Morgan fingerprint density at radius 1 is 1.41 bits per heavy atom. The molecule has 1 aromatic heterocycles. The largest absolute Gasteiger partial charge is 0.355 e. The summed E-state index contributed by atoms with van der Waals surface area (Å²) in [6.07, 6.45) is 4.25. The molecule has 2 amide bonds. The molecule has 1 fully saturated rings. The lowest BCUT2D eigenvalue weighted by Crippen LogP contribution is -2.46. The molecule has 1 saturated heterocycles. The molecule has 1 aliphatic rings. The predicted molar refractivity (Wildman–Crippen MR) is 85.1 cm³/mol. The van der Waals surface area contributed by atoms with Crippen molar-refractivity contribution in [2.24, 2.45) is 11.8 Å². The van der Waals surface area contributed by atoms with Gasteiger partial charge in [-0.3, -0.25) is 14.6 Å². The highest BCUT2D eigenvalue weighted by molar-refractivity contribution is 5.82. The van der Waals surface area contributed by atoms with Gasteiger partial charge in [-0.25, -0.2) is 0 Å². The first kappa shape index (κ1) is 16.5. The van der Waals surface area contributed by atoms with Crippen LogP contribution in [0.3, 0.4) is 0 Å². The van der Waals surface area contributed by atoms with Gasteiger partial charge >= 0.3 is 0 Å². The average molecular weight is 303 g/mol. The number of hydrogen-bond donors (Lipinski definition) is 1. The number of likely N-dealkylation sites (tertiary alicyclic amines) is 1. The second-order valence-electron chi connectivity index (χ2n) is 6.14. The van der Waals surface area contributed by atoms with Gasteiger partial charge in [-0.05, 0) is 25.0 Å². The monoisotopic (exact) mass is 303 g/mol. The van der Waals surface area contributed by atoms with E-state index in [2.05, 4.69) is 10.3 Å². The fourth-order valence-electron chi connectivity index (χ4n) is 2.76. The van der Waals surface area contributed by atoms with E-state index in [0.717, 1.165) is 31.5 Å². The number of pyridine rings is 1. The fourth-order valence-corrected chi connectivity index (χ4v) is 2.76. The van der Waals surface area contributed by atoms with E-state index in [-0.39, 0.29) is 23.7 Å². The molecule has 0 spiro atoms. The second-order valence-corrected chi connectivity index (χ2v) is 6.14. The molecular formula is C17H25N3O2. The predicted octanol–water partition coefficient (Wildman–Crippen LogP) is 1.63. The van der Waals surface area contributed by atoms with Crippen molar-refractivity contribution in [1.82, 2.24) is 15.2 Å². The van der Waals surface area contributed by atoms with Gasteiger partial charge in [0.2, 0.25) is 11.8 Å². The summed E-state index contributed by atoms with van der Waals surface area (Å²) in [5, 5.41) is 2.97. The summed E-state index contributed by atoms with van der Waals surface area (Å²) >= 11 is 0. The van der Waals surface area contributed by atoms with Gasteiger partial charge in [0, 0.05) is 43.9 Å². The van der Waals surface area contributed by atoms with Crippen LogP contribution in [0.4, 0.5) is 0 Å². The van der Waals surface area contributed by atoms with Crippen LogP contribution >= 0.6 is 0 Å². The molecule has 0 aromatic carbocycles. The number of carbonyl (C=O) groups is 2. The molecule has 0 radical (unpaired) electrons. The normalized spacial score (nSPS) is 18.3. The van der Waals surface area contributed by atoms with Crippen molar-refractivity contribution in [3.8, 4) is 0 Å². The maximum Gasteiger partial charge on any atom is 0.225 e. The van der Waals surface area contributed by atoms with Crippen molar-refractivity contribution in [3.63, 3.8) is 0 Å². The van der Waals surface area contributed by atoms with Gasteiger partial charge in [-0.1, -0.05) is 19.9 Å². The van der Waals surface area contributed by atoms with Gasteiger partial charge < -0.3 is 10.2 Å². The number of nitrogens with zero attached hydrogens (tertiary/aromatic N) is 2. The van der Waals surface area contributed by atoms with Gasteiger partial charge in [-0.2, -0.15) is 0 Å². The minimum atomic E-state index is -0.0832. The first-order valence-electron chi connectivity index (χ1n) is 8.04. The van der Waals surface area contributed by atoms with E-state index in [1.165, 1.54) is 0 Å². The van der Waals surface area contributed by atoms with Crippen LogP contribution in [0.15, 0.2) is 24.4 Å². The average Bonchev–Trinajstić information content (AvgIpc) is 2.55. The smallest absolute Gasteiger partial charge is 0.225 e. The third-order valence-corrected chi connectivity index (χ3v) is 4.00. The van der Waals surface area contributed by atoms with Gasteiger partial charge in [0.05, 0.1) is 5.92 Å². The third kappa shape index (κ3) is 4.55. The Labute approximate surface area is 132 Å². The topological polar surface area (TPSA) is 62.3 Å². The van der Waals surface area contributed by atoms with Crippen LogP contribution in [0.25, 0.3) is 0 Å². The Hall–Kier alpha value is -1.91. The maximum atomic E-state index is 12.3. The molecule has 5 heteroatoms. The molecule has 1 N–H and O–H groups in total. The molecule has 2 heterocycles. The lowest BCUT2D eigenvalue weighted by molar-refractivity contribution is -0.138. The summed E-state index contributed by atoms with van der Waals surface area (Å²) in [5.74, 6) is 0.106. The Morgan fingerprint density at radius 3 is 2.91 bits per heavy atom. The molecule has 2 rings (SSSR count). The minimum Gasteiger partial charge on any atom is -0.355 e. The number of rotatable bonds is 5. The van der Waals surface area contributed by atoms with E-state index < -0.39 is 0 Å². The summed E-state index contributed by atoms with van der Waals surface area (Å²) in [6.45, 7) is 5.71. The molecule has 120 valence electrons. The molecule has 0 unspecified atom stereocenters. The van der Waals surface area contributed by atoms with Crippen molar-refractivity contribution < 1.29 is 9.59 Å². The first-order valence-corrected chi connectivity index (χ1v) is 8.04. The first-order chi connectivity index (χ1) is 10.6. The van der Waals surface area contributed by atoms with E-state index in [9.17, 15) is 9.59 Å². The van der Waals surface area contributed by atoms with Crippen LogP contribution in [-0.4, -0.2) is 41.3 Å². The number of aromatic nitrogens is 1. The number of carbonyl (C=O) groups excluding carboxylic acids is 2. The summed E-state index contributed by atoms with van der Waals surface area (Å²) < 4.78 is 0. The zero-order valence-corrected chi connectivity index (χ0v) is 13.4. The van der Waals surface area contributed by atoms with Crippen LogP contribution in [0, 0.1) is 11.8 Å². The van der Waals surface area contributed by atoms with Crippen LogP contribution in [0.5, 0.6) is 0 Å². The molecule has 1 atom stereocenters. The fraction of sp³-hybridized carbons (Fsp3) is 0.588. The van der Waals surface area contributed by atoms with Crippen LogP contribution in [-0.2, 0) is 16.0 Å². The molecule has 22 heavy (non-hydrogen) atoms. The van der Waals surface area contributed by atoms with Crippen LogP contribution in [0.2, 0.25) is 0 Å². The van der Waals surface area contributed by atoms with Crippen molar-refractivity contribution in [2.75, 3.05) is 19.6 Å².